The van der Waals surface area contributed by atoms with Crippen LogP contribution in [0.1, 0.15) is 40.7 Å². The van der Waals surface area contributed by atoms with Gasteiger partial charge in [0, 0.05) is 23.9 Å². The zero-order valence-electron chi connectivity index (χ0n) is 18.5. The summed E-state index contributed by atoms with van der Waals surface area (Å²) in [7, 11) is -3.44. The van der Waals surface area contributed by atoms with Crippen molar-refractivity contribution in [1.82, 2.24) is 4.31 Å². The number of nitrogens with zero attached hydrogens (tertiary/aromatic N) is 2. The van der Waals surface area contributed by atoms with Gasteiger partial charge in [0.2, 0.25) is 10.0 Å². The second-order valence-electron chi connectivity index (χ2n) is 8.88. The Morgan fingerprint density at radius 2 is 1.79 bits per heavy atom. The van der Waals surface area contributed by atoms with E-state index in [1.807, 2.05) is 60.7 Å². The first-order valence-corrected chi connectivity index (χ1v) is 13.1. The van der Waals surface area contributed by atoms with Crippen molar-refractivity contribution in [3.8, 4) is 0 Å². The summed E-state index contributed by atoms with van der Waals surface area (Å²) in [5.74, 6) is -0.134. The smallest absolute Gasteiger partial charge is 0.259 e. The number of piperidine rings is 1. The number of Topliss-reactive ketones (excluding diaryl/α,β-unsaturated/α-hetero) is 1. The summed E-state index contributed by atoms with van der Waals surface area (Å²) in [6, 6.07) is 18.7. The molecule has 1 saturated heterocycles. The Labute approximate surface area is 193 Å². The third kappa shape index (κ3) is 3.96. The zero-order chi connectivity index (χ0) is 23.2. The van der Waals surface area contributed by atoms with Crippen LogP contribution in [0.4, 0.5) is 5.69 Å². The summed E-state index contributed by atoms with van der Waals surface area (Å²) in [6.45, 7) is 0.870. The summed E-state index contributed by atoms with van der Waals surface area (Å²) in [4.78, 5) is 28.2. The molecule has 6 nitrogen and oxygen atoms in total. The minimum absolute atomic E-state index is 0.0431. The van der Waals surface area contributed by atoms with Gasteiger partial charge in [-0.2, -0.15) is 4.31 Å². The third-order valence-corrected chi connectivity index (χ3v) is 7.96. The fraction of sp³-hybridized carbons (Fsp3) is 0.308. The normalized spacial score (nSPS) is 18.8. The molecule has 3 aromatic carbocycles. The molecule has 3 aromatic rings. The van der Waals surface area contributed by atoms with Gasteiger partial charge in [0.1, 0.15) is 0 Å². The molecule has 170 valence electrons. The van der Waals surface area contributed by atoms with Crippen LogP contribution in [-0.2, 0) is 27.8 Å². The maximum atomic E-state index is 13.2. The second-order valence-corrected chi connectivity index (χ2v) is 10.8. The maximum absolute atomic E-state index is 13.2. The molecule has 0 bridgehead atoms. The first kappa shape index (κ1) is 21.8. The molecule has 1 amide bonds. The van der Waals surface area contributed by atoms with E-state index in [-0.39, 0.29) is 18.1 Å². The molecule has 0 spiro atoms. The lowest BCUT2D eigenvalue weighted by atomic mass is 9.93. The van der Waals surface area contributed by atoms with Crippen molar-refractivity contribution in [2.24, 2.45) is 0 Å². The third-order valence-electron chi connectivity index (χ3n) is 6.67. The summed E-state index contributed by atoms with van der Waals surface area (Å²) >= 11 is 0. The average Bonchev–Trinajstić information content (AvgIpc) is 3.08. The molecule has 0 saturated carbocycles. The summed E-state index contributed by atoms with van der Waals surface area (Å²) < 4.78 is 25.8. The lowest BCUT2D eigenvalue weighted by molar-refractivity contribution is -0.122. The Morgan fingerprint density at radius 3 is 2.55 bits per heavy atom. The zero-order valence-corrected chi connectivity index (χ0v) is 19.3. The van der Waals surface area contributed by atoms with Crippen LogP contribution in [0.2, 0.25) is 0 Å². The van der Waals surface area contributed by atoms with Gasteiger partial charge in [-0.15, -0.1) is 0 Å². The Morgan fingerprint density at radius 1 is 1.00 bits per heavy atom. The minimum atomic E-state index is -3.44. The molecule has 2 heterocycles. The number of hydrogen-bond donors (Lipinski definition) is 0. The molecular formula is C26H26N2O4S. The van der Waals surface area contributed by atoms with E-state index in [1.165, 1.54) is 10.6 Å². The SMILES string of the molecule is CS(=O)(=O)N1CCCCC1C(=O)Cc1ccc2c3c(cccc13)C(=O)N2Cc1ccccc1. The van der Waals surface area contributed by atoms with Crippen molar-refractivity contribution >= 4 is 38.2 Å². The fourth-order valence-corrected chi connectivity index (χ4v) is 6.26. The second kappa shape index (κ2) is 8.39. The summed E-state index contributed by atoms with van der Waals surface area (Å²) in [6.07, 6.45) is 3.48. The Bertz CT molecular complexity index is 1350. The highest BCUT2D eigenvalue weighted by atomic mass is 32.2. The van der Waals surface area contributed by atoms with Crippen LogP contribution in [0.3, 0.4) is 0 Å². The fourth-order valence-electron chi connectivity index (χ4n) is 5.11. The van der Waals surface area contributed by atoms with Crippen molar-refractivity contribution < 1.29 is 18.0 Å². The van der Waals surface area contributed by atoms with E-state index in [1.54, 1.807) is 4.90 Å². The summed E-state index contributed by atoms with van der Waals surface area (Å²) in [5.41, 5.74) is 3.36. The lowest BCUT2D eigenvalue weighted by Crippen LogP contribution is -2.47. The largest absolute Gasteiger partial charge is 0.303 e. The van der Waals surface area contributed by atoms with E-state index in [4.69, 9.17) is 0 Å². The van der Waals surface area contributed by atoms with Crippen LogP contribution in [0.15, 0.2) is 60.7 Å². The summed E-state index contributed by atoms with van der Waals surface area (Å²) in [5, 5.41) is 1.75. The maximum Gasteiger partial charge on any atom is 0.259 e. The van der Waals surface area contributed by atoms with E-state index in [0.29, 0.717) is 25.1 Å². The number of hydrogen-bond acceptors (Lipinski definition) is 4. The van der Waals surface area contributed by atoms with Crippen LogP contribution in [0.5, 0.6) is 0 Å². The number of sulfonamides is 1. The molecular weight excluding hydrogens is 436 g/mol. The first-order valence-electron chi connectivity index (χ1n) is 11.2. The van der Waals surface area contributed by atoms with Crippen LogP contribution in [-0.4, -0.2) is 43.3 Å². The molecule has 0 N–H and O–H groups in total. The number of rotatable bonds is 6. The highest BCUT2D eigenvalue weighted by Gasteiger charge is 2.35. The molecule has 1 fully saturated rings. The van der Waals surface area contributed by atoms with Crippen molar-refractivity contribution in [3.05, 3.63) is 77.4 Å². The van der Waals surface area contributed by atoms with Crippen molar-refractivity contribution in [2.45, 2.75) is 38.3 Å². The van der Waals surface area contributed by atoms with Gasteiger partial charge in [-0.3, -0.25) is 9.59 Å². The van der Waals surface area contributed by atoms with Crippen molar-refractivity contribution in [1.29, 1.82) is 0 Å². The van der Waals surface area contributed by atoms with Crippen LogP contribution >= 0.6 is 0 Å². The Hall–Kier alpha value is -3.03. The molecule has 1 unspecified atom stereocenters. The molecule has 0 radical (unpaired) electrons. The minimum Gasteiger partial charge on any atom is -0.303 e. The highest BCUT2D eigenvalue weighted by molar-refractivity contribution is 7.88. The van der Waals surface area contributed by atoms with Gasteiger partial charge in [-0.1, -0.05) is 55.0 Å². The van der Waals surface area contributed by atoms with Crippen molar-refractivity contribution in [3.63, 3.8) is 0 Å². The molecule has 2 aliphatic rings. The predicted octanol–water partition coefficient (Wildman–Crippen LogP) is 3.93. The van der Waals surface area contributed by atoms with Crippen LogP contribution < -0.4 is 4.90 Å². The molecule has 7 heteroatoms. The van der Waals surface area contributed by atoms with Crippen LogP contribution in [0.25, 0.3) is 10.8 Å². The standard InChI is InChI=1S/C26H26N2O4S/c1-33(31,32)28-15-6-5-12-22(28)24(29)16-19-13-14-23-25-20(19)10-7-11-21(25)26(30)27(23)17-18-8-3-2-4-9-18/h2-4,7-11,13-14,22H,5-6,12,15-17H2,1H3. The van der Waals surface area contributed by atoms with Gasteiger partial charge in [-0.05, 0) is 41.5 Å². The molecule has 2 aliphatic heterocycles. The van der Waals surface area contributed by atoms with E-state index in [0.717, 1.165) is 40.4 Å². The quantitative estimate of drug-likeness (QED) is 0.556. The predicted molar refractivity (Wildman–Crippen MR) is 129 cm³/mol. The topological polar surface area (TPSA) is 74.8 Å². The Kier molecular flexibility index (Phi) is 5.54. The van der Waals surface area contributed by atoms with Crippen molar-refractivity contribution in [2.75, 3.05) is 17.7 Å². The van der Waals surface area contributed by atoms with Gasteiger partial charge in [0.25, 0.3) is 5.91 Å². The van der Waals surface area contributed by atoms with E-state index < -0.39 is 16.1 Å². The van der Waals surface area contributed by atoms with Crippen LogP contribution in [0, 0.1) is 0 Å². The highest BCUT2D eigenvalue weighted by Crippen LogP contribution is 2.40. The molecule has 1 atom stereocenters. The number of anilines is 1. The Balaban J connectivity index is 1.48. The van der Waals surface area contributed by atoms with Gasteiger partial charge >= 0.3 is 0 Å². The first-order chi connectivity index (χ1) is 15.8. The van der Waals surface area contributed by atoms with Gasteiger partial charge in [0.15, 0.2) is 5.78 Å². The van der Waals surface area contributed by atoms with Gasteiger partial charge in [0.05, 0.1) is 24.5 Å². The number of ketones is 1. The molecule has 5 rings (SSSR count). The van der Waals surface area contributed by atoms with E-state index >= 15 is 0 Å². The van der Waals surface area contributed by atoms with Gasteiger partial charge in [-0.25, -0.2) is 8.42 Å². The van der Waals surface area contributed by atoms with Gasteiger partial charge < -0.3 is 4.90 Å². The monoisotopic (exact) mass is 462 g/mol. The lowest BCUT2D eigenvalue weighted by Gasteiger charge is -2.32. The number of benzene rings is 3. The number of carbonyl (C=O) groups is 2. The van der Waals surface area contributed by atoms with E-state index in [2.05, 4.69) is 0 Å². The molecule has 0 aromatic heterocycles. The average molecular weight is 463 g/mol. The number of amides is 1. The number of carbonyl (C=O) groups excluding carboxylic acids is 2. The van der Waals surface area contributed by atoms with E-state index in [9.17, 15) is 18.0 Å². The molecule has 0 aliphatic carbocycles. The molecule has 33 heavy (non-hydrogen) atoms.